The van der Waals surface area contributed by atoms with Gasteiger partial charge in [-0.2, -0.15) is 14.7 Å². The van der Waals surface area contributed by atoms with Crippen molar-refractivity contribution in [3.05, 3.63) is 78.9 Å². The molecule has 14 nitrogen and oxygen atoms in total. The average Bonchev–Trinajstić information content (AvgIpc) is 3.92. The SMILES string of the molecule is COc1cc2nn(C3CCC(CN4CCC(n5ccc6c(N7CCC(=O)NC7=O)cccc65)CC4)CC3)cc2cc1C(=O)Nc1cnc2cccnn12. The van der Waals surface area contributed by atoms with Crippen molar-refractivity contribution in [1.29, 1.82) is 0 Å². The fourth-order valence-electron chi connectivity index (χ4n) is 8.56. The molecule has 4 aromatic heterocycles. The van der Waals surface area contributed by atoms with Crippen molar-refractivity contribution >= 4 is 56.8 Å². The van der Waals surface area contributed by atoms with Gasteiger partial charge in [-0.1, -0.05) is 6.07 Å². The van der Waals surface area contributed by atoms with Crippen molar-refractivity contribution < 1.29 is 19.1 Å². The van der Waals surface area contributed by atoms with Gasteiger partial charge < -0.3 is 19.5 Å². The van der Waals surface area contributed by atoms with Crippen LogP contribution in [-0.4, -0.2) is 85.0 Å². The highest BCUT2D eigenvalue weighted by molar-refractivity contribution is 6.10. The molecule has 6 aromatic rings. The van der Waals surface area contributed by atoms with Gasteiger partial charge in [0, 0.05) is 74.1 Å². The van der Waals surface area contributed by atoms with E-state index in [9.17, 15) is 14.4 Å². The molecule has 6 heterocycles. The summed E-state index contributed by atoms with van der Waals surface area (Å²) < 4.78 is 11.7. The van der Waals surface area contributed by atoms with Gasteiger partial charge in [-0.05, 0) is 80.8 Å². The Morgan fingerprint density at radius 2 is 1.83 bits per heavy atom. The minimum atomic E-state index is -0.350. The summed E-state index contributed by atoms with van der Waals surface area (Å²) in [4.78, 5) is 46.3. The maximum atomic E-state index is 13.4. The second-order valence-electron chi connectivity index (χ2n) is 14.5. The fraction of sp³-hybridized carbons (Fsp3) is 0.385. The number of imidazole rings is 1. The van der Waals surface area contributed by atoms with Crippen LogP contribution in [0.1, 0.15) is 67.4 Å². The summed E-state index contributed by atoms with van der Waals surface area (Å²) >= 11 is 0. The predicted octanol–water partition coefficient (Wildman–Crippen LogP) is 5.81. The predicted molar refractivity (Wildman–Crippen MR) is 200 cm³/mol. The third-order valence-electron chi connectivity index (χ3n) is 11.3. The number of ether oxygens (including phenoxy) is 1. The van der Waals surface area contributed by atoms with E-state index in [0.717, 1.165) is 85.7 Å². The zero-order valence-electron chi connectivity index (χ0n) is 29.6. The molecule has 53 heavy (non-hydrogen) atoms. The lowest BCUT2D eigenvalue weighted by Gasteiger charge is -2.37. The van der Waals surface area contributed by atoms with E-state index in [1.165, 1.54) is 0 Å². The van der Waals surface area contributed by atoms with Gasteiger partial charge in [0.25, 0.3) is 5.91 Å². The normalized spacial score (nSPS) is 20.4. The van der Waals surface area contributed by atoms with Crippen LogP contribution < -0.4 is 20.3 Å². The lowest BCUT2D eigenvalue weighted by atomic mass is 9.85. The van der Waals surface area contributed by atoms with E-state index in [0.29, 0.717) is 53.7 Å². The van der Waals surface area contributed by atoms with Crippen molar-refractivity contribution in [3.8, 4) is 5.75 Å². The van der Waals surface area contributed by atoms with Gasteiger partial charge in [0.05, 0.1) is 41.6 Å². The van der Waals surface area contributed by atoms with Gasteiger partial charge in [-0.15, -0.1) is 0 Å². The van der Waals surface area contributed by atoms with Crippen LogP contribution in [-0.2, 0) is 4.79 Å². The van der Waals surface area contributed by atoms with E-state index in [-0.39, 0.29) is 17.8 Å². The Balaban J connectivity index is 0.803. The molecule has 1 saturated carbocycles. The summed E-state index contributed by atoms with van der Waals surface area (Å²) in [5, 5.41) is 16.5. The number of carbonyl (C=O) groups excluding carboxylic acids is 3. The number of hydrogen-bond donors (Lipinski definition) is 2. The number of aromatic nitrogens is 6. The van der Waals surface area contributed by atoms with Gasteiger partial charge in [-0.25, -0.2) is 9.78 Å². The summed E-state index contributed by atoms with van der Waals surface area (Å²) in [7, 11) is 1.57. The molecule has 0 spiro atoms. The number of benzene rings is 2. The molecule has 0 atom stereocenters. The first kappa shape index (κ1) is 33.1. The maximum absolute atomic E-state index is 13.4. The Bertz CT molecular complexity index is 2340. The van der Waals surface area contributed by atoms with Crippen molar-refractivity contribution in [2.24, 2.45) is 5.92 Å². The number of carbonyl (C=O) groups is 3. The highest BCUT2D eigenvalue weighted by Gasteiger charge is 2.30. The van der Waals surface area contributed by atoms with Crippen LogP contribution in [0, 0.1) is 5.92 Å². The molecule has 0 unspecified atom stereocenters. The highest BCUT2D eigenvalue weighted by atomic mass is 16.5. The Morgan fingerprint density at radius 1 is 0.981 bits per heavy atom. The number of hydrogen-bond acceptors (Lipinski definition) is 8. The Morgan fingerprint density at radius 3 is 2.64 bits per heavy atom. The number of nitrogens with zero attached hydrogens (tertiary/aromatic N) is 8. The molecule has 0 bridgehead atoms. The molecule has 2 aromatic carbocycles. The average molecular weight is 715 g/mol. The second-order valence-corrected chi connectivity index (χ2v) is 14.5. The van der Waals surface area contributed by atoms with E-state index in [4.69, 9.17) is 9.84 Å². The summed E-state index contributed by atoms with van der Waals surface area (Å²) in [5.41, 5.74) is 3.87. The third-order valence-corrected chi connectivity index (χ3v) is 11.3. The van der Waals surface area contributed by atoms with Crippen LogP contribution in [0.5, 0.6) is 5.75 Å². The maximum Gasteiger partial charge on any atom is 0.328 e. The molecule has 4 amide bonds. The molecule has 2 saturated heterocycles. The van der Waals surface area contributed by atoms with E-state index in [1.54, 1.807) is 35.0 Å². The van der Waals surface area contributed by atoms with E-state index < -0.39 is 0 Å². The van der Waals surface area contributed by atoms with Crippen LogP contribution in [0.15, 0.2) is 73.3 Å². The highest BCUT2D eigenvalue weighted by Crippen LogP contribution is 2.37. The van der Waals surface area contributed by atoms with Crippen LogP contribution >= 0.6 is 0 Å². The van der Waals surface area contributed by atoms with Crippen molar-refractivity contribution in [3.63, 3.8) is 0 Å². The van der Waals surface area contributed by atoms with Crippen LogP contribution in [0.2, 0.25) is 0 Å². The zero-order chi connectivity index (χ0) is 36.1. The molecule has 9 rings (SSSR count). The topological polar surface area (TPSA) is 144 Å². The number of anilines is 2. The molecule has 1 aliphatic carbocycles. The summed E-state index contributed by atoms with van der Waals surface area (Å²) in [6.45, 7) is 3.65. The first-order valence-corrected chi connectivity index (χ1v) is 18.5. The Labute approximate surface area is 305 Å². The molecular formula is C39H42N10O4. The van der Waals surface area contributed by atoms with E-state index in [2.05, 4.69) is 59.4 Å². The first-order chi connectivity index (χ1) is 25.9. The standard InChI is InChI=1S/C39H42N10O4/c1-53-34-21-31-26(20-30(34)38(51)42-36-22-40-35-6-3-15-41-49(35)36)24-48(44-31)28-9-7-25(8-10-28)23-45-16-11-27(12-17-45)46-18-13-29-32(46)4-2-5-33(29)47-19-14-37(50)43-39(47)52/h2-6,13,15,18,20-22,24-25,27-28H,7-12,14,16-17,19,23H2,1H3,(H,42,51)(H,43,50,52). The van der Waals surface area contributed by atoms with Gasteiger partial charge in [0.2, 0.25) is 5.91 Å². The number of likely N-dealkylation sites (tertiary alicyclic amines) is 1. The number of piperidine rings is 1. The number of fused-ring (bicyclic) bond motifs is 3. The summed E-state index contributed by atoms with van der Waals surface area (Å²) in [6, 6.07) is 15.9. The molecule has 3 aliphatic rings. The van der Waals surface area contributed by atoms with Crippen LogP contribution in [0.4, 0.5) is 16.3 Å². The summed E-state index contributed by atoms with van der Waals surface area (Å²) in [5.74, 6) is 1.10. The number of urea groups is 1. The zero-order valence-corrected chi connectivity index (χ0v) is 29.6. The fourth-order valence-corrected chi connectivity index (χ4v) is 8.56. The second kappa shape index (κ2) is 13.7. The monoisotopic (exact) mass is 714 g/mol. The molecule has 3 fully saturated rings. The number of nitrogens with one attached hydrogen (secondary N) is 2. The van der Waals surface area contributed by atoms with Gasteiger partial charge >= 0.3 is 6.03 Å². The largest absolute Gasteiger partial charge is 0.496 e. The first-order valence-electron chi connectivity index (χ1n) is 18.5. The number of rotatable bonds is 8. The number of imide groups is 1. The van der Waals surface area contributed by atoms with Crippen molar-refractivity contribution in [2.75, 3.05) is 43.5 Å². The minimum absolute atomic E-state index is 0.221. The van der Waals surface area contributed by atoms with Crippen LogP contribution in [0.25, 0.3) is 27.5 Å². The molecular weight excluding hydrogens is 672 g/mol. The molecule has 2 aliphatic heterocycles. The Hall–Kier alpha value is -5.76. The lowest BCUT2D eigenvalue weighted by molar-refractivity contribution is -0.120. The van der Waals surface area contributed by atoms with Crippen molar-refractivity contribution in [1.82, 2.24) is 39.2 Å². The number of amides is 4. The van der Waals surface area contributed by atoms with Gasteiger partial charge in [0.1, 0.15) is 5.75 Å². The molecule has 14 heteroatoms. The number of methoxy groups -OCH3 is 1. The molecule has 2 N–H and O–H groups in total. The quantitative estimate of drug-likeness (QED) is 0.201. The smallest absolute Gasteiger partial charge is 0.328 e. The third kappa shape index (κ3) is 6.26. The lowest BCUT2D eigenvalue weighted by Crippen LogP contribution is -2.49. The Kier molecular flexibility index (Phi) is 8.53. The van der Waals surface area contributed by atoms with E-state index >= 15 is 0 Å². The molecule has 272 valence electrons. The van der Waals surface area contributed by atoms with E-state index in [1.807, 2.05) is 30.3 Å². The summed E-state index contributed by atoms with van der Waals surface area (Å²) in [6.07, 6.45) is 14.4. The van der Waals surface area contributed by atoms with Crippen molar-refractivity contribution in [2.45, 2.75) is 57.0 Å². The van der Waals surface area contributed by atoms with Gasteiger partial charge in [-0.3, -0.25) is 24.5 Å². The minimum Gasteiger partial charge on any atom is -0.496 e. The van der Waals surface area contributed by atoms with Gasteiger partial charge in [0.15, 0.2) is 11.5 Å². The molecule has 0 radical (unpaired) electrons. The van der Waals surface area contributed by atoms with Crippen LogP contribution in [0.3, 0.4) is 0 Å².